The number of aromatic carboxylic acids is 2. The van der Waals surface area contributed by atoms with Crippen LogP contribution in [0.5, 0.6) is 11.5 Å². The van der Waals surface area contributed by atoms with Crippen LogP contribution in [0.1, 0.15) is 20.7 Å². The van der Waals surface area contributed by atoms with E-state index in [0.29, 0.717) is 16.7 Å². The van der Waals surface area contributed by atoms with Gasteiger partial charge in [0.05, 0.1) is 25.3 Å². The molecule has 0 fully saturated rings. The highest BCUT2D eigenvalue weighted by Gasteiger charge is 2.13. The quantitative estimate of drug-likeness (QED) is 0.243. The molecule has 0 aliphatic heterocycles. The molecule has 0 bridgehead atoms. The minimum Gasteiger partial charge on any atom is -0.497 e. The van der Waals surface area contributed by atoms with Crippen LogP contribution in [0, 0.1) is 0 Å². The molecule has 0 aliphatic carbocycles. The first-order valence-electron chi connectivity index (χ1n) is 11.9. The maximum atomic E-state index is 11.5. The van der Waals surface area contributed by atoms with Gasteiger partial charge in [0.15, 0.2) is 0 Å². The van der Waals surface area contributed by atoms with Crippen molar-refractivity contribution in [2.45, 2.75) is 0 Å². The summed E-state index contributed by atoms with van der Waals surface area (Å²) in [4.78, 5) is 22.6. The Hall–Kier alpha value is -5.10. The molecule has 0 amide bonds. The van der Waals surface area contributed by atoms with Gasteiger partial charge in [0.1, 0.15) is 11.5 Å². The van der Waals surface area contributed by atoms with E-state index in [1.165, 1.54) is 0 Å². The van der Waals surface area contributed by atoms with Gasteiger partial charge in [-0.2, -0.15) is 0 Å². The average Bonchev–Trinajstić information content (AvgIpc) is 2.95. The van der Waals surface area contributed by atoms with E-state index >= 15 is 0 Å². The van der Waals surface area contributed by atoms with Crippen LogP contribution in [0.25, 0.3) is 43.1 Å². The number of ether oxygens (including phenoxy) is 2. The highest BCUT2D eigenvalue weighted by atomic mass is 16.5. The predicted molar refractivity (Wildman–Crippen MR) is 150 cm³/mol. The van der Waals surface area contributed by atoms with Crippen molar-refractivity contribution in [2.24, 2.45) is 0 Å². The first-order chi connectivity index (χ1) is 18.4. The van der Waals surface area contributed by atoms with Gasteiger partial charge in [-0.15, -0.1) is 0 Å². The van der Waals surface area contributed by atoms with Crippen LogP contribution >= 0.6 is 0 Å². The summed E-state index contributed by atoms with van der Waals surface area (Å²) in [6.07, 6.45) is 0. The number of hydrogen-bond acceptors (Lipinski definition) is 4. The van der Waals surface area contributed by atoms with Crippen LogP contribution in [0.2, 0.25) is 0 Å². The molecular formula is C32H24O6. The third-order valence-electron chi connectivity index (χ3n) is 6.61. The van der Waals surface area contributed by atoms with E-state index in [4.69, 9.17) is 14.6 Å². The number of hydrogen-bond donors (Lipinski definition) is 2. The maximum Gasteiger partial charge on any atom is 0.336 e. The lowest BCUT2D eigenvalue weighted by Gasteiger charge is -2.10. The summed E-state index contributed by atoms with van der Waals surface area (Å²) in [5, 5.41) is 25.9. The third-order valence-corrected chi connectivity index (χ3v) is 6.61. The second-order valence-corrected chi connectivity index (χ2v) is 8.72. The zero-order chi connectivity index (χ0) is 26.8. The molecule has 0 spiro atoms. The Morgan fingerprint density at radius 2 is 1.08 bits per heavy atom. The summed E-state index contributed by atoms with van der Waals surface area (Å²) in [5.74, 6) is -0.405. The van der Waals surface area contributed by atoms with Crippen LogP contribution in [0.3, 0.4) is 0 Å². The zero-order valence-electron chi connectivity index (χ0n) is 20.8. The lowest BCUT2D eigenvalue weighted by atomic mass is 9.97. The van der Waals surface area contributed by atoms with Gasteiger partial charge in [0, 0.05) is 0 Å². The number of methoxy groups -OCH3 is 2. The normalized spacial score (nSPS) is 10.8. The molecule has 6 aromatic rings. The van der Waals surface area contributed by atoms with E-state index in [0.717, 1.165) is 43.5 Å². The van der Waals surface area contributed by atoms with Gasteiger partial charge in [-0.1, -0.05) is 54.6 Å². The van der Waals surface area contributed by atoms with Crippen LogP contribution in [0.15, 0.2) is 97.1 Å². The van der Waals surface area contributed by atoms with Crippen LogP contribution in [-0.2, 0) is 0 Å². The summed E-state index contributed by atoms with van der Waals surface area (Å²) >= 11 is 0. The van der Waals surface area contributed by atoms with E-state index in [2.05, 4.69) is 0 Å². The predicted octanol–water partition coefficient (Wildman–Crippen LogP) is 7.40. The van der Waals surface area contributed by atoms with Crippen molar-refractivity contribution < 1.29 is 29.3 Å². The topological polar surface area (TPSA) is 93.1 Å². The molecule has 0 saturated carbocycles. The summed E-state index contributed by atoms with van der Waals surface area (Å²) in [5.41, 5.74) is 0.638. The minimum absolute atomic E-state index is 0.283. The molecule has 0 heterocycles. The van der Waals surface area contributed by atoms with Crippen molar-refractivity contribution in [1.82, 2.24) is 0 Å². The number of fused-ring (bicyclic) bond motifs is 6. The summed E-state index contributed by atoms with van der Waals surface area (Å²) in [7, 11) is 3.19. The fraction of sp³-hybridized carbons (Fsp3) is 0.0625. The van der Waals surface area contributed by atoms with Crippen molar-refractivity contribution in [1.29, 1.82) is 0 Å². The second-order valence-electron chi connectivity index (χ2n) is 8.72. The molecule has 0 aromatic heterocycles. The lowest BCUT2D eigenvalue weighted by Crippen LogP contribution is -1.98. The SMILES string of the molecule is COc1ccc2cc(C(=O)O)c3ccc(OC)cc3c2c1.O=C(O)c1cccc2c1ccc1ccccc12. The molecule has 6 nitrogen and oxygen atoms in total. The van der Waals surface area contributed by atoms with Crippen molar-refractivity contribution in [3.8, 4) is 11.5 Å². The Morgan fingerprint density at radius 3 is 1.79 bits per heavy atom. The number of rotatable bonds is 4. The Kier molecular flexibility index (Phi) is 6.54. The van der Waals surface area contributed by atoms with Crippen molar-refractivity contribution in [2.75, 3.05) is 14.2 Å². The molecule has 6 rings (SSSR count). The van der Waals surface area contributed by atoms with Gasteiger partial charge in [0.2, 0.25) is 0 Å². The summed E-state index contributed by atoms with van der Waals surface area (Å²) in [6, 6.07) is 29.9. The van der Waals surface area contributed by atoms with Gasteiger partial charge >= 0.3 is 11.9 Å². The molecule has 0 saturated heterocycles. The van der Waals surface area contributed by atoms with Gasteiger partial charge in [0.25, 0.3) is 0 Å². The molecule has 0 aliphatic rings. The number of carboxylic acids is 2. The zero-order valence-corrected chi connectivity index (χ0v) is 20.8. The van der Waals surface area contributed by atoms with Crippen LogP contribution in [0.4, 0.5) is 0 Å². The van der Waals surface area contributed by atoms with Gasteiger partial charge in [-0.05, 0) is 85.6 Å². The second kappa shape index (κ2) is 10.1. The fourth-order valence-corrected chi connectivity index (χ4v) is 4.77. The number of benzene rings is 6. The fourth-order valence-electron chi connectivity index (χ4n) is 4.77. The van der Waals surface area contributed by atoms with E-state index in [-0.39, 0.29) is 5.56 Å². The van der Waals surface area contributed by atoms with Gasteiger partial charge < -0.3 is 19.7 Å². The molecule has 6 aromatic carbocycles. The van der Waals surface area contributed by atoms with E-state index in [9.17, 15) is 14.7 Å². The standard InChI is InChI=1S/C17H14O4.C15H10O2/c1-20-11-4-3-10-7-16(17(18)19)13-6-5-12(21-2)9-15(13)14(10)8-11;16-15(17)14-7-3-6-12-11-5-2-1-4-10(11)8-9-13(12)14/h3-9H,1-2H3,(H,18,19);1-9H,(H,16,17). The van der Waals surface area contributed by atoms with E-state index < -0.39 is 11.9 Å². The Morgan fingerprint density at radius 1 is 0.500 bits per heavy atom. The molecule has 188 valence electrons. The summed E-state index contributed by atoms with van der Waals surface area (Å²) < 4.78 is 10.5. The van der Waals surface area contributed by atoms with Crippen LogP contribution < -0.4 is 9.47 Å². The summed E-state index contributed by atoms with van der Waals surface area (Å²) in [6.45, 7) is 0. The van der Waals surface area contributed by atoms with Gasteiger partial charge in [-0.25, -0.2) is 9.59 Å². The monoisotopic (exact) mass is 504 g/mol. The molecular weight excluding hydrogens is 480 g/mol. The first kappa shape index (κ1) is 24.6. The molecule has 38 heavy (non-hydrogen) atoms. The Labute approximate surface area is 218 Å². The molecule has 2 N–H and O–H groups in total. The van der Waals surface area contributed by atoms with Crippen molar-refractivity contribution in [3.05, 3.63) is 108 Å². The number of carboxylic acid groups (broad SMARTS) is 2. The largest absolute Gasteiger partial charge is 0.497 e. The Balaban J connectivity index is 0.000000158. The van der Waals surface area contributed by atoms with Crippen molar-refractivity contribution >= 4 is 55.0 Å². The van der Waals surface area contributed by atoms with Crippen LogP contribution in [-0.4, -0.2) is 36.4 Å². The Bertz CT molecular complexity index is 1850. The molecule has 0 radical (unpaired) electrons. The minimum atomic E-state index is -0.942. The molecule has 0 unspecified atom stereocenters. The highest BCUT2D eigenvalue weighted by Crippen LogP contribution is 2.33. The highest BCUT2D eigenvalue weighted by molar-refractivity contribution is 6.16. The molecule has 6 heteroatoms. The molecule has 0 atom stereocenters. The van der Waals surface area contributed by atoms with Gasteiger partial charge in [-0.3, -0.25) is 0 Å². The van der Waals surface area contributed by atoms with E-state index in [1.54, 1.807) is 44.6 Å². The van der Waals surface area contributed by atoms with Crippen molar-refractivity contribution in [3.63, 3.8) is 0 Å². The third kappa shape index (κ3) is 4.44. The first-order valence-corrected chi connectivity index (χ1v) is 11.9. The maximum absolute atomic E-state index is 11.5. The average molecular weight is 505 g/mol. The smallest absolute Gasteiger partial charge is 0.336 e. The van der Waals surface area contributed by atoms with E-state index in [1.807, 2.05) is 66.7 Å². The number of carbonyl (C=O) groups is 2. The lowest BCUT2D eigenvalue weighted by molar-refractivity contribution is 0.0688.